The molecule has 0 unspecified atom stereocenters. The summed E-state index contributed by atoms with van der Waals surface area (Å²) in [5, 5.41) is 4.74. The van der Waals surface area contributed by atoms with E-state index in [2.05, 4.69) is 12.2 Å². The molecule has 0 saturated heterocycles. The Labute approximate surface area is 206 Å². The summed E-state index contributed by atoms with van der Waals surface area (Å²) in [6.45, 7) is 9.72. The van der Waals surface area contributed by atoms with E-state index >= 15 is 0 Å². The van der Waals surface area contributed by atoms with Crippen molar-refractivity contribution in [3.8, 4) is 17.2 Å². The van der Waals surface area contributed by atoms with Gasteiger partial charge in [0, 0.05) is 34.1 Å². The lowest BCUT2D eigenvalue weighted by molar-refractivity contribution is 0.0991. The fraction of sp³-hybridized carbons (Fsp3) is 0.357. The van der Waals surface area contributed by atoms with Crippen LogP contribution in [0.25, 0.3) is 10.8 Å². The van der Waals surface area contributed by atoms with Crippen molar-refractivity contribution in [1.82, 2.24) is 0 Å². The maximum Gasteiger partial charge on any atom is 0.258 e. The van der Waals surface area contributed by atoms with Gasteiger partial charge in [-0.15, -0.1) is 0 Å². The number of ether oxygens (including phenoxy) is 3. The minimum Gasteiger partial charge on any atom is -0.490 e. The lowest BCUT2D eigenvalue weighted by Crippen LogP contribution is -2.27. The summed E-state index contributed by atoms with van der Waals surface area (Å²) in [5.41, 5.74) is 2.60. The molecule has 0 aromatic heterocycles. The number of anilines is 2. The molecule has 35 heavy (non-hydrogen) atoms. The largest absolute Gasteiger partial charge is 0.490 e. The normalized spacial score (nSPS) is 12.2. The molecule has 1 aliphatic rings. The smallest absolute Gasteiger partial charge is 0.258 e. The zero-order chi connectivity index (χ0) is 24.9. The van der Waals surface area contributed by atoms with Crippen molar-refractivity contribution < 1.29 is 23.8 Å². The van der Waals surface area contributed by atoms with Crippen molar-refractivity contribution in [2.75, 3.05) is 36.6 Å². The number of hydrogen-bond acceptors (Lipinski definition) is 5. The first-order chi connectivity index (χ1) is 17.0. The van der Waals surface area contributed by atoms with Gasteiger partial charge in [-0.3, -0.25) is 9.59 Å². The monoisotopic (exact) mass is 476 g/mol. The SMILES string of the molecule is CCCCN1C(=O)c2cccc3c(NC(=O)c4cc(OCC)c(OCC)c(OCC)c4)ccc1c23. The van der Waals surface area contributed by atoms with Crippen LogP contribution in [-0.2, 0) is 0 Å². The van der Waals surface area contributed by atoms with Crippen molar-refractivity contribution >= 4 is 34.0 Å². The van der Waals surface area contributed by atoms with Crippen molar-refractivity contribution in [3.63, 3.8) is 0 Å². The first kappa shape index (κ1) is 24.4. The van der Waals surface area contributed by atoms with Crippen LogP contribution in [0, 0.1) is 0 Å². The van der Waals surface area contributed by atoms with Gasteiger partial charge in [-0.1, -0.05) is 25.5 Å². The van der Waals surface area contributed by atoms with Crippen LogP contribution in [0.2, 0.25) is 0 Å². The van der Waals surface area contributed by atoms with Crippen molar-refractivity contribution in [1.29, 1.82) is 0 Å². The molecule has 1 aliphatic heterocycles. The van der Waals surface area contributed by atoms with E-state index in [1.54, 1.807) is 12.1 Å². The van der Waals surface area contributed by atoms with Gasteiger partial charge in [-0.2, -0.15) is 0 Å². The van der Waals surface area contributed by atoms with Crippen LogP contribution in [0.3, 0.4) is 0 Å². The molecule has 7 nitrogen and oxygen atoms in total. The van der Waals surface area contributed by atoms with Gasteiger partial charge in [-0.25, -0.2) is 0 Å². The average molecular weight is 477 g/mol. The van der Waals surface area contributed by atoms with Crippen LogP contribution < -0.4 is 24.4 Å². The van der Waals surface area contributed by atoms with Crippen LogP contribution in [0.15, 0.2) is 42.5 Å². The van der Waals surface area contributed by atoms with Gasteiger partial charge in [0.05, 0.1) is 25.5 Å². The first-order valence-electron chi connectivity index (χ1n) is 12.3. The molecule has 0 aliphatic carbocycles. The lowest BCUT2D eigenvalue weighted by atomic mass is 10.0. The van der Waals surface area contributed by atoms with E-state index in [9.17, 15) is 9.59 Å². The highest BCUT2D eigenvalue weighted by Gasteiger charge is 2.30. The van der Waals surface area contributed by atoms with E-state index in [0.717, 1.165) is 29.3 Å². The van der Waals surface area contributed by atoms with Crippen LogP contribution in [0.4, 0.5) is 11.4 Å². The molecule has 0 saturated carbocycles. The van der Waals surface area contributed by atoms with Gasteiger partial charge in [0.15, 0.2) is 11.5 Å². The maximum absolute atomic E-state index is 13.4. The van der Waals surface area contributed by atoms with Gasteiger partial charge >= 0.3 is 0 Å². The molecule has 3 aromatic carbocycles. The number of carbonyl (C=O) groups is 2. The Morgan fingerprint density at radius 3 is 2.23 bits per heavy atom. The second kappa shape index (κ2) is 10.7. The topological polar surface area (TPSA) is 77.1 Å². The summed E-state index contributed by atoms with van der Waals surface area (Å²) in [7, 11) is 0. The van der Waals surface area contributed by atoms with E-state index in [0.29, 0.717) is 60.4 Å². The molecule has 2 amide bonds. The Morgan fingerprint density at radius 2 is 1.60 bits per heavy atom. The third kappa shape index (κ3) is 4.63. The Kier molecular flexibility index (Phi) is 7.44. The zero-order valence-electron chi connectivity index (χ0n) is 20.8. The standard InChI is InChI=1S/C28H32N2O5/c1-5-9-15-30-22-14-13-21(19-11-10-12-20(25(19)22)28(30)32)29-27(31)18-16-23(33-6-2)26(35-8-4)24(17-18)34-7-3/h10-14,16-17H,5-9,15H2,1-4H3,(H,29,31). The van der Waals surface area contributed by atoms with Gasteiger partial charge in [0.1, 0.15) is 0 Å². The van der Waals surface area contributed by atoms with Crippen LogP contribution in [0.1, 0.15) is 61.3 Å². The molecule has 4 rings (SSSR count). The van der Waals surface area contributed by atoms with Crippen LogP contribution in [0.5, 0.6) is 17.2 Å². The summed E-state index contributed by atoms with van der Waals surface area (Å²) in [6.07, 6.45) is 1.94. The Hall–Kier alpha value is -3.74. The third-order valence-electron chi connectivity index (χ3n) is 5.94. The Balaban J connectivity index is 1.71. The second-order valence-corrected chi connectivity index (χ2v) is 8.23. The zero-order valence-corrected chi connectivity index (χ0v) is 20.8. The highest BCUT2D eigenvalue weighted by molar-refractivity contribution is 6.27. The molecule has 1 heterocycles. The number of carbonyl (C=O) groups excluding carboxylic acids is 2. The van der Waals surface area contributed by atoms with Crippen molar-refractivity contribution in [3.05, 3.63) is 53.6 Å². The predicted octanol–water partition coefficient (Wildman–Crippen LogP) is 6.05. The number of nitrogens with zero attached hydrogens (tertiary/aromatic N) is 1. The average Bonchev–Trinajstić information content (AvgIpc) is 3.13. The molecule has 0 fully saturated rings. The van der Waals surface area contributed by atoms with Gasteiger partial charge < -0.3 is 24.4 Å². The van der Waals surface area contributed by atoms with Crippen molar-refractivity contribution in [2.24, 2.45) is 0 Å². The van der Waals surface area contributed by atoms with Crippen molar-refractivity contribution in [2.45, 2.75) is 40.5 Å². The van der Waals surface area contributed by atoms with E-state index in [1.807, 2.05) is 56.0 Å². The summed E-state index contributed by atoms with van der Waals surface area (Å²) in [4.78, 5) is 28.2. The molecule has 1 N–H and O–H groups in total. The first-order valence-corrected chi connectivity index (χ1v) is 12.3. The summed E-state index contributed by atoms with van der Waals surface area (Å²) in [6, 6.07) is 12.8. The molecule has 3 aromatic rings. The number of rotatable bonds is 11. The number of amides is 2. The molecule has 7 heteroatoms. The number of unbranched alkanes of at least 4 members (excludes halogenated alkanes) is 1. The molecule has 0 atom stereocenters. The lowest BCUT2D eigenvalue weighted by Gasteiger charge is -2.18. The van der Waals surface area contributed by atoms with E-state index < -0.39 is 0 Å². The molecule has 0 radical (unpaired) electrons. The molecular formula is C28H32N2O5. The second-order valence-electron chi connectivity index (χ2n) is 8.23. The van der Waals surface area contributed by atoms with E-state index in [4.69, 9.17) is 14.2 Å². The fourth-order valence-electron chi connectivity index (χ4n) is 4.41. The summed E-state index contributed by atoms with van der Waals surface area (Å²) in [5.74, 6) is 1.12. The quantitative estimate of drug-likeness (QED) is 0.365. The predicted molar refractivity (Wildman–Crippen MR) is 138 cm³/mol. The van der Waals surface area contributed by atoms with E-state index in [1.165, 1.54) is 0 Å². The Bertz CT molecular complexity index is 1230. The number of hydrogen-bond donors (Lipinski definition) is 1. The highest BCUT2D eigenvalue weighted by atomic mass is 16.5. The van der Waals surface area contributed by atoms with Gasteiger partial charge in [-0.05, 0) is 57.5 Å². The van der Waals surface area contributed by atoms with Crippen LogP contribution >= 0.6 is 0 Å². The molecular weight excluding hydrogens is 444 g/mol. The van der Waals surface area contributed by atoms with Gasteiger partial charge in [0.25, 0.3) is 11.8 Å². The number of nitrogens with one attached hydrogen (secondary N) is 1. The highest BCUT2D eigenvalue weighted by Crippen LogP contribution is 2.42. The minimum absolute atomic E-state index is 0.0109. The Morgan fingerprint density at radius 1 is 0.914 bits per heavy atom. The summed E-state index contributed by atoms with van der Waals surface area (Å²) >= 11 is 0. The maximum atomic E-state index is 13.4. The van der Waals surface area contributed by atoms with Crippen LogP contribution in [-0.4, -0.2) is 38.2 Å². The minimum atomic E-state index is -0.303. The molecule has 0 spiro atoms. The third-order valence-corrected chi connectivity index (χ3v) is 5.94. The fourth-order valence-corrected chi connectivity index (χ4v) is 4.41. The summed E-state index contributed by atoms with van der Waals surface area (Å²) < 4.78 is 17.3. The number of benzene rings is 3. The van der Waals surface area contributed by atoms with Gasteiger partial charge in [0.2, 0.25) is 5.75 Å². The molecule has 184 valence electrons. The molecule has 0 bridgehead atoms. The van der Waals surface area contributed by atoms with E-state index in [-0.39, 0.29) is 11.8 Å².